The van der Waals surface area contributed by atoms with E-state index < -0.39 is 51.2 Å². The van der Waals surface area contributed by atoms with E-state index in [1.165, 1.54) is 18.2 Å². The van der Waals surface area contributed by atoms with Crippen molar-refractivity contribution in [1.82, 2.24) is 24.2 Å². The third-order valence-corrected chi connectivity index (χ3v) is 11.2. The fourth-order valence-corrected chi connectivity index (χ4v) is 8.29. The van der Waals surface area contributed by atoms with Crippen molar-refractivity contribution in [3.8, 4) is 22.9 Å². The minimum Gasteiger partial charge on any atom is -0.434 e. The van der Waals surface area contributed by atoms with Crippen LogP contribution in [-0.4, -0.2) is 48.0 Å². The number of nitriles is 1. The minimum absolute atomic E-state index is 0.0592. The van der Waals surface area contributed by atoms with Crippen molar-refractivity contribution in [2.24, 2.45) is 5.41 Å². The number of nitrogens with zero attached hydrogens (tertiary/aromatic N) is 5. The summed E-state index contributed by atoms with van der Waals surface area (Å²) in [6.45, 7) is 4.18. The van der Waals surface area contributed by atoms with Crippen LogP contribution in [0.2, 0.25) is 0 Å². The lowest BCUT2D eigenvalue weighted by Crippen LogP contribution is -2.59. The number of amides is 1. The molecule has 4 aromatic rings. The van der Waals surface area contributed by atoms with Crippen molar-refractivity contribution in [2.75, 3.05) is 7.05 Å². The van der Waals surface area contributed by atoms with Crippen LogP contribution >= 0.6 is 0 Å². The van der Waals surface area contributed by atoms with Crippen LogP contribution in [0.5, 0.6) is 5.75 Å². The molecule has 244 valence electrons. The predicted molar refractivity (Wildman–Crippen MR) is 169 cm³/mol. The lowest BCUT2D eigenvalue weighted by Gasteiger charge is -2.51. The molecule has 13 heteroatoms. The summed E-state index contributed by atoms with van der Waals surface area (Å²) >= 11 is 0. The quantitative estimate of drug-likeness (QED) is 0.251. The Labute approximate surface area is 272 Å². The predicted octanol–water partition coefficient (Wildman–Crippen LogP) is 6.53. The third-order valence-electron chi connectivity index (χ3n) is 9.53. The van der Waals surface area contributed by atoms with Gasteiger partial charge in [-0.3, -0.25) is 9.78 Å². The van der Waals surface area contributed by atoms with Crippen LogP contribution in [0.4, 0.5) is 13.2 Å². The van der Waals surface area contributed by atoms with Gasteiger partial charge in [0.2, 0.25) is 0 Å². The Morgan fingerprint density at radius 3 is 2.55 bits per heavy atom. The number of hydrogen-bond acceptors (Lipinski definition) is 6. The highest BCUT2D eigenvalue weighted by atomic mass is 32.2. The summed E-state index contributed by atoms with van der Waals surface area (Å²) in [6, 6.07) is 12.8. The highest BCUT2D eigenvalue weighted by Gasteiger charge is 2.57. The number of carbonyl (C=O) groups excluding carboxylic acids is 1. The van der Waals surface area contributed by atoms with Gasteiger partial charge in [0.05, 0.1) is 61.6 Å². The van der Waals surface area contributed by atoms with Gasteiger partial charge in [-0.2, -0.15) is 14.0 Å². The zero-order chi connectivity index (χ0) is 33.6. The number of ether oxygens (including phenoxy) is 1. The molecule has 1 aliphatic carbocycles. The number of carbonyl (C=O) groups is 1. The molecule has 2 aromatic heterocycles. The maximum absolute atomic E-state index is 16.0. The molecule has 1 amide bonds. The van der Waals surface area contributed by atoms with E-state index in [0.717, 1.165) is 0 Å². The molecule has 1 N–H and O–H groups in total. The van der Waals surface area contributed by atoms with E-state index in [0.29, 0.717) is 45.5 Å². The first-order valence-electron chi connectivity index (χ1n) is 15.3. The van der Waals surface area contributed by atoms with Crippen LogP contribution in [0.25, 0.3) is 22.2 Å². The number of imidazole rings is 1. The summed E-state index contributed by atoms with van der Waals surface area (Å²) in [4.78, 5) is 24.4. The van der Waals surface area contributed by atoms with Gasteiger partial charge in [0.1, 0.15) is 17.4 Å². The number of aromatic nitrogens is 3. The number of nitrogens with one attached hydrogen (secondary N) is 1. The van der Waals surface area contributed by atoms with Crippen molar-refractivity contribution >= 4 is 27.9 Å². The van der Waals surface area contributed by atoms with Crippen LogP contribution in [0.3, 0.4) is 0 Å². The van der Waals surface area contributed by atoms with Gasteiger partial charge in [-0.25, -0.2) is 18.3 Å². The first kappa shape index (κ1) is 31.3. The molecule has 0 radical (unpaired) electrons. The van der Waals surface area contributed by atoms with E-state index in [4.69, 9.17) is 9.72 Å². The van der Waals surface area contributed by atoms with Crippen LogP contribution in [0.15, 0.2) is 48.7 Å². The number of pyridine rings is 1. The van der Waals surface area contributed by atoms with E-state index in [1.807, 2.05) is 31.4 Å². The van der Waals surface area contributed by atoms with Crippen LogP contribution in [0, 0.1) is 22.6 Å². The average Bonchev–Trinajstić information content (AvgIpc) is 3.52. The lowest BCUT2D eigenvalue weighted by molar-refractivity contribution is -0.0507. The summed E-state index contributed by atoms with van der Waals surface area (Å²) in [5, 5.41) is 9.69. The van der Waals surface area contributed by atoms with Crippen LogP contribution in [-0.2, 0) is 16.5 Å². The molecule has 1 saturated carbocycles. The lowest BCUT2D eigenvalue weighted by atomic mass is 9.58. The van der Waals surface area contributed by atoms with Crippen molar-refractivity contribution in [3.63, 3.8) is 0 Å². The van der Waals surface area contributed by atoms with Crippen molar-refractivity contribution in [2.45, 2.75) is 75.9 Å². The van der Waals surface area contributed by atoms with Gasteiger partial charge in [0.15, 0.2) is 0 Å². The summed E-state index contributed by atoms with van der Waals surface area (Å²) < 4.78 is 65.4. The van der Waals surface area contributed by atoms with Gasteiger partial charge in [-0.05, 0) is 76.4 Å². The van der Waals surface area contributed by atoms with E-state index in [9.17, 15) is 23.0 Å². The van der Waals surface area contributed by atoms with Gasteiger partial charge >= 0.3 is 6.61 Å². The second-order valence-corrected chi connectivity index (χ2v) is 15.9. The van der Waals surface area contributed by atoms with E-state index in [1.54, 1.807) is 43.3 Å². The van der Waals surface area contributed by atoms with Crippen LogP contribution in [0.1, 0.15) is 86.5 Å². The fraction of sp³-hybridized carbons (Fsp3) is 0.412. The number of benzene rings is 2. The number of hydrogen-bond donors (Lipinski definition) is 1. The molecular weight excluding hydrogens is 629 g/mol. The zero-order valence-corrected chi connectivity index (χ0v) is 27.3. The number of rotatable bonds is 6. The molecule has 2 bridgehead atoms. The smallest absolute Gasteiger partial charge is 0.387 e. The van der Waals surface area contributed by atoms with Crippen molar-refractivity contribution in [1.29, 1.82) is 5.26 Å². The summed E-state index contributed by atoms with van der Waals surface area (Å²) in [6.07, 6.45) is 2.51. The van der Waals surface area contributed by atoms with E-state index in [2.05, 4.69) is 15.8 Å². The summed E-state index contributed by atoms with van der Waals surface area (Å²) in [5.74, 6) is -0.320. The van der Waals surface area contributed by atoms with Gasteiger partial charge in [0.25, 0.3) is 5.91 Å². The highest BCUT2D eigenvalue weighted by Crippen LogP contribution is 2.54. The zero-order valence-electron chi connectivity index (χ0n) is 26.5. The van der Waals surface area contributed by atoms with Crippen molar-refractivity contribution < 1.29 is 26.9 Å². The Hall–Kier alpha value is -4.28. The Morgan fingerprint density at radius 1 is 1.15 bits per heavy atom. The number of halogens is 3. The molecule has 0 spiro atoms. The summed E-state index contributed by atoms with van der Waals surface area (Å²) in [7, 11) is 0.145. The molecule has 1 fully saturated rings. The second-order valence-electron chi connectivity index (χ2n) is 14.0. The minimum atomic E-state index is -3.07. The molecular formula is C34H33F3N6O3S. The van der Waals surface area contributed by atoms with Gasteiger partial charge < -0.3 is 14.2 Å². The standard InChI is InChI=1S/C34H33F3N6O3S/c1-32(2,3)47(45)41-34(15-33(4,16-34)17-38)28-21(35)11-19(14-39-28)18-9-10-22-23(12-18)43-24-13-25(29(43)40-22)42(5)30(44)20-7-6-8-26(27(20)24)46-31(36)37/h6-12,14,24-25,31,41H,13,15-16H2,1-5H3/t24-,25-,33?,34?,47+/m1/s1. The molecule has 2 aliphatic heterocycles. The Morgan fingerprint density at radius 2 is 1.89 bits per heavy atom. The van der Waals surface area contributed by atoms with Crippen molar-refractivity contribution in [3.05, 3.63) is 77.1 Å². The normalized spacial score (nSPS) is 25.6. The van der Waals surface area contributed by atoms with E-state index in [-0.39, 0.29) is 30.2 Å². The average molecular weight is 663 g/mol. The molecule has 2 aromatic carbocycles. The largest absolute Gasteiger partial charge is 0.434 e. The molecule has 4 heterocycles. The van der Waals surface area contributed by atoms with E-state index >= 15 is 4.39 Å². The monoisotopic (exact) mass is 662 g/mol. The van der Waals surface area contributed by atoms with Gasteiger partial charge in [-0.1, -0.05) is 12.1 Å². The molecule has 7 rings (SSSR count). The van der Waals surface area contributed by atoms with Crippen LogP contribution < -0.4 is 9.46 Å². The molecule has 3 aliphatic rings. The Balaban J connectivity index is 1.30. The topological polar surface area (TPSA) is 113 Å². The molecule has 47 heavy (non-hydrogen) atoms. The second kappa shape index (κ2) is 10.6. The maximum atomic E-state index is 16.0. The molecule has 0 unspecified atom stereocenters. The molecule has 3 atom stereocenters. The number of alkyl halides is 2. The number of fused-ring (bicyclic) bond motifs is 9. The first-order chi connectivity index (χ1) is 22.1. The van der Waals surface area contributed by atoms with Gasteiger partial charge in [-0.15, -0.1) is 0 Å². The first-order valence-corrected chi connectivity index (χ1v) is 16.4. The molecule has 0 saturated heterocycles. The third kappa shape index (κ3) is 4.92. The maximum Gasteiger partial charge on any atom is 0.387 e. The highest BCUT2D eigenvalue weighted by molar-refractivity contribution is 7.84. The Kier molecular flexibility index (Phi) is 7.08. The summed E-state index contributed by atoms with van der Waals surface area (Å²) in [5.41, 5.74) is 1.48. The Bertz CT molecular complexity index is 2030. The molecule has 9 nitrogen and oxygen atoms in total. The van der Waals surface area contributed by atoms with Gasteiger partial charge in [0, 0.05) is 36.4 Å². The SMILES string of the molecule is CN1C(=O)c2cccc(OC(F)F)c2[C@H]2C[C@@H]1c1nc3ccc(-c4cnc(C5(N[S@@](=O)C(C)(C)C)CC(C)(C#N)C5)c(F)c4)cc3n12. The fourth-order valence-electron chi connectivity index (χ4n) is 7.38.